The first-order valence-electron chi connectivity index (χ1n) is 8.78. The molecule has 6 heteroatoms. The Balaban J connectivity index is 1.81. The molecule has 2 atom stereocenters. The van der Waals surface area contributed by atoms with E-state index in [0.29, 0.717) is 18.0 Å². The lowest BCUT2D eigenvalue weighted by Gasteiger charge is -2.42. The third kappa shape index (κ3) is 3.49. The Kier molecular flexibility index (Phi) is 4.49. The number of aryl methyl sites for hydroxylation is 1. The first-order chi connectivity index (χ1) is 11.7. The molecule has 1 amide bonds. The van der Waals surface area contributed by atoms with Gasteiger partial charge in [0, 0.05) is 13.6 Å². The van der Waals surface area contributed by atoms with Crippen LogP contribution in [0.1, 0.15) is 39.2 Å². The third-order valence-corrected chi connectivity index (χ3v) is 5.51. The third-order valence-electron chi connectivity index (χ3n) is 5.51. The molecule has 2 aromatic rings. The van der Waals surface area contributed by atoms with Gasteiger partial charge in [-0.25, -0.2) is 4.79 Å². The normalized spacial score (nSPS) is 22.4. The second-order valence-electron chi connectivity index (χ2n) is 8.21. The Morgan fingerprint density at radius 1 is 1.36 bits per heavy atom. The molecule has 0 aliphatic carbocycles. The molecule has 0 bridgehead atoms. The van der Waals surface area contributed by atoms with E-state index in [-0.39, 0.29) is 23.1 Å². The standard InChI is InChI=1S/C19H27N3O3/c1-19(2,3)13-7-8-22(15(10-13)17(20)23)11-12-5-6-14-16(9-12)25-18(24)21(14)4/h5-6,9,13,15H,7-8,10-11H2,1-4H3,(H2,20,23)/t13-,15+/m0/s1. The van der Waals surface area contributed by atoms with E-state index >= 15 is 0 Å². The Labute approximate surface area is 147 Å². The zero-order valence-corrected chi connectivity index (χ0v) is 15.4. The summed E-state index contributed by atoms with van der Waals surface area (Å²) in [5.41, 5.74) is 8.22. The minimum Gasteiger partial charge on any atom is -0.408 e. The predicted molar refractivity (Wildman–Crippen MR) is 97.0 cm³/mol. The van der Waals surface area contributed by atoms with Crippen molar-refractivity contribution in [3.8, 4) is 0 Å². The van der Waals surface area contributed by atoms with E-state index in [9.17, 15) is 9.59 Å². The van der Waals surface area contributed by atoms with Gasteiger partial charge in [0.25, 0.3) is 0 Å². The average molecular weight is 345 g/mol. The molecule has 25 heavy (non-hydrogen) atoms. The van der Waals surface area contributed by atoms with Crippen LogP contribution in [0.4, 0.5) is 0 Å². The number of nitrogens with zero attached hydrogens (tertiary/aromatic N) is 2. The lowest BCUT2D eigenvalue weighted by atomic mass is 9.73. The number of aromatic nitrogens is 1. The van der Waals surface area contributed by atoms with E-state index in [4.69, 9.17) is 10.2 Å². The highest BCUT2D eigenvalue weighted by atomic mass is 16.4. The Hall–Kier alpha value is -2.08. The van der Waals surface area contributed by atoms with Gasteiger partial charge in [-0.05, 0) is 48.4 Å². The highest BCUT2D eigenvalue weighted by Gasteiger charge is 2.37. The molecule has 0 spiro atoms. The van der Waals surface area contributed by atoms with Crippen molar-refractivity contribution in [2.45, 2.75) is 46.2 Å². The van der Waals surface area contributed by atoms with Crippen LogP contribution in [-0.4, -0.2) is 28.0 Å². The fourth-order valence-electron chi connectivity index (χ4n) is 3.80. The number of hydrogen-bond donors (Lipinski definition) is 1. The molecular weight excluding hydrogens is 318 g/mol. The van der Waals surface area contributed by atoms with Crippen molar-refractivity contribution in [1.82, 2.24) is 9.47 Å². The number of nitrogens with two attached hydrogens (primary N) is 1. The maximum Gasteiger partial charge on any atom is 0.419 e. The van der Waals surface area contributed by atoms with Gasteiger partial charge in [-0.15, -0.1) is 0 Å². The van der Waals surface area contributed by atoms with Gasteiger partial charge < -0.3 is 10.2 Å². The minimum atomic E-state index is -0.367. The van der Waals surface area contributed by atoms with Gasteiger partial charge in [0.2, 0.25) is 5.91 Å². The highest BCUT2D eigenvalue weighted by molar-refractivity contribution is 5.80. The summed E-state index contributed by atoms with van der Waals surface area (Å²) in [7, 11) is 1.69. The van der Waals surface area contributed by atoms with Crippen molar-refractivity contribution >= 4 is 17.0 Å². The monoisotopic (exact) mass is 345 g/mol. The fourth-order valence-corrected chi connectivity index (χ4v) is 3.80. The lowest BCUT2D eigenvalue weighted by Crippen LogP contribution is -2.51. The molecule has 6 nitrogen and oxygen atoms in total. The fraction of sp³-hybridized carbons (Fsp3) is 0.579. The SMILES string of the molecule is Cn1c(=O)oc2cc(CN3CC[C@H](C(C)(C)C)C[C@@H]3C(N)=O)ccc21. The lowest BCUT2D eigenvalue weighted by molar-refractivity contribution is -0.126. The van der Waals surface area contributed by atoms with Crippen molar-refractivity contribution in [3.63, 3.8) is 0 Å². The van der Waals surface area contributed by atoms with Crippen LogP contribution in [0.3, 0.4) is 0 Å². The van der Waals surface area contributed by atoms with Crippen LogP contribution < -0.4 is 11.5 Å². The van der Waals surface area contributed by atoms with Crippen molar-refractivity contribution in [3.05, 3.63) is 34.3 Å². The summed E-state index contributed by atoms with van der Waals surface area (Å²) >= 11 is 0. The molecule has 1 aromatic carbocycles. The number of hydrogen-bond acceptors (Lipinski definition) is 4. The highest BCUT2D eigenvalue weighted by Crippen LogP contribution is 2.37. The Bertz CT molecular complexity index is 844. The molecule has 2 heterocycles. The Morgan fingerprint density at radius 2 is 2.08 bits per heavy atom. The van der Waals surface area contributed by atoms with E-state index < -0.39 is 0 Å². The number of benzene rings is 1. The first kappa shape index (κ1) is 17.7. The van der Waals surface area contributed by atoms with Crippen LogP contribution in [0, 0.1) is 11.3 Å². The molecule has 0 saturated carbocycles. The number of oxazole rings is 1. The second kappa shape index (κ2) is 6.33. The number of likely N-dealkylation sites (tertiary alicyclic amines) is 1. The topological polar surface area (TPSA) is 81.5 Å². The zero-order chi connectivity index (χ0) is 18.4. The van der Waals surface area contributed by atoms with E-state index in [1.165, 1.54) is 4.57 Å². The summed E-state index contributed by atoms with van der Waals surface area (Å²) in [6.07, 6.45) is 1.84. The van der Waals surface area contributed by atoms with Crippen molar-refractivity contribution in [2.24, 2.45) is 24.1 Å². The molecule has 3 rings (SSSR count). The number of carbonyl (C=O) groups is 1. The van der Waals surface area contributed by atoms with E-state index in [2.05, 4.69) is 25.7 Å². The summed E-state index contributed by atoms with van der Waals surface area (Å²) in [5.74, 6) is -0.148. The summed E-state index contributed by atoms with van der Waals surface area (Å²) < 4.78 is 6.75. The van der Waals surface area contributed by atoms with Gasteiger partial charge in [-0.3, -0.25) is 14.3 Å². The van der Waals surface area contributed by atoms with Crippen molar-refractivity contribution in [1.29, 1.82) is 0 Å². The van der Waals surface area contributed by atoms with Crippen LogP contribution in [0.15, 0.2) is 27.4 Å². The largest absolute Gasteiger partial charge is 0.419 e. The summed E-state index contributed by atoms with van der Waals surface area (Å²) in [6, 6.07) is 5.49. The van der Waals surface area contributed by atoms with Gasteiger partial charge in [0.05, 0.1) is 11.6 Å². The van der Waals surface area contributed by atoms with Gasteiger partial charge in [-0.2, -0.15) is 0 Å². The molecule has 1 fully saturated rings. The maximum atomic E-state index is 12.0. The number of rotatable bonds is 3. The molecule has 0 unspecified atom stereocenters. The smallest absolute Gasteiger partial charge is 0.408 e. The van der Waals surface area contributed by atoms with E-state index in [1.807, 2.05) is 18.2 Å². The molecule has 1 saturated heterocycles. The number of fused-ring (bicyclic) bond motifs is 1. The number of carbonyl (C=O) groups excluding carboxylic acids is 1. The van der Waals surface area contributed by atoms with Crippen molar-refractivity contribution in [2.75, 3.05) is 6.54 Å². The average Bonchev–Trinajstić information content (AvgIpc) is 2.80. The van der Waals surface area contributed by atoms with Crippen LogP contribution in [0.2, 0.25) is 0 Å². The molecule has 1 aromatic heterocycles. The van der Waals surface area contributed by atoms with E-state index in [1.54, 1.807) is 7.05 Å². The zero-order valence-electron chi connectivity index (χ0n) is 15.4. The predicted octanol–water partition coefficient (Wildman–Crippen LogP) is 2.24. The summed E-state index contributed by atoms with van der Waals surface area (Å²) in [5, 5.41) is 0. The summed E-state index contributed by atoms with van der Waals surface area (Å²) in [6.45, 7) is 8.12. The summed E-state index contributed by atoms with van der Waals surface area (Å²) in [4.78, 5) is 25.8. The number of amides is 1. The Morgan fingerprint density at radius 3 is 2.72 bits per heavy atom. The molecule has 136 valence electrons. The van der Waals surface area contributed by atoms with Gasteiger partial charge in [0.15, 0.2) is 5.58 Å². The van der Waals surface area contributed by atoms with Gasteiger partial charge in [-0.1, -0.05) is 26.8 Å². The molecule has 1 aliphatic heterocycles. The van der Waals surface area contributed by atoms with Gasteiger partial charge >= 0.3 is 5.76 Å². The van der Waals surface area contributed by atoms with Crippen molar-refractivity contribution < 1.29 is 9.21 Å². The first-order valence-corrected chi connectivity index (χ1v) is 8.78. The molecule has 2 N–H and O–H groups in total. The molecule has 1 aliphatic rings. The van der Waals surface area contributed by atoms with Crippen LogP contribution in [-0.2, 0) is 18.4 Å². The quantitative estimate of drug-likeness (QED) is 0.925. The molecule has 0 radical (unpaired) electrons. The number of primary amides is 1. The van der Waals surface area contributed by atoms with Crippen LogP contribution in [0.25, 0.3) is 11.1 Å². The molecular formula is C19H27N3O3. The minimum absolute atomic E-state index is 0.173. The number of piperidine rings is 1. The van der Waals surface area contributed by atoms with Gasteiger partial charge in [0.1, 0.15) is 0 Å². The maximum absolute atomic E-state index is 12.0. The van der Waals surface area contributed by atoms with E-state index in [0.717, 1.165) is 30.5 Å². The van der Waals surface area contributed by atoms with Crippen LogP contribution >= 0.6 is 0 Å². The second-order valence-corrected chi connectivity index (χ2v) is 8.21. The van der Waals surface area contributed by atoms with Crippen LogP contribution in [0.5, 0.6) is 0 Å².